The van der Waals surface area contributed by atoms with E-state index in [1.807, 2.05) is 45.3 Å². The van der Waals surface area contributed by atoms with E-state index in [-0.39, 0.29) is 5.91 Å². The molecule has 1 aromatic carbocycles. The fraction of sp³-hybridized carbons (Fsp3) is 0.353. The molecule has 0 aliphatic rings. The molecular formula is C17H23N5O. The molecule has 2 rings (SSSR count). The topological polar surface area (TPSA) is 70.2 Å². The number of aryl methyl sites for hydroxylation is 1. The highest BCUT2D eigenvalue weighted by molar-refractivity contribution is 5.92. The van der Waals surface area contributed by atoms with Crippen molar-refractivity contribution in [3.05, 3.63) is 53.2 Å². The number of amides is 1. The molecule has 0 aliphatic heterocycles. The summed E-state index contributed by atoms with van der Waals surface area (Å²) >= 11 is 0. The van der Waals surface area contributed by atoms with E-state index in [0.717, 1.165) is 18.7 Å². The molecule has 0 spiro atoms. The Hall–Kier alpha value is -2.47. The van der Waals surface area contributed by atoms with Crippen molar-refractivity contribution >= 4 is 11.7 Å². The van der Waals surface area contributed by atoms with Crippen molar-refractivity contribution in [3.63, 3.8) is 0 Å². The summed E-state index contributed by atoms with van der Waals surface area (Å²) in [6, 6.07) is 11.5. The fourth-order valence-corrected chi connectivity index (χ4v) is 2.05. The van der Waals surface area contributed by atoms with Gasteiger partial charge in [0.1, 0.15) is 5.82 Å². The molecule has 2 N–H and O–H groups in total. The third-order valence-electron chi connectivity index (χ3n) is 3.30. The predicted octanol–water partition coefficient (Wildman–Crippen LogP) is 1.69. The van der Waals surface area contributed by atoms with Gasteiger partial charge in [-0.2, -0.15) is 0 Å². The lowest BCUT2D eigenvalue weighted by Crippen LogP contribution is -2.24. The minimum Gasteiger partial charge on any atom is -0.367 e. The molecule has 0 saturated heterocycles. The molecule has 0 radical (unpaired) electrons. The maximum absolute atomic E-state index is 12.1. The summed E-state index contributed by atoms with van der Waals surface area (Å²) in [5.41, 5.74) is 2.55. The highest BCUT2D eigenvalue weighted by atomic mass is 16.1. The lowest BCUT2D eigenvalue weighted by molar-refractivity contribution is 0.0945. The number of hydrogen-bond donors (Lipinski definition) is 2. The molecule has 0 saturated carbocycles. The first-order chi connectivity index (χ1) is 11.0. The number of hydrogen-bond acceptors (Lipinski definition) is 5. The Kier molecular flexibility index (Phi) is 6.05. The van der Waals surface area contributed by atoms with Crippen LogP contribution in [0.4, 0.5) is 5.82 Å². The normalized spacial score (nSPS) is 10.6. The monoisotopic (exact) mass is 313 g/mol. The van der Waals surface area contributed by atoms with Gasteiger partial charge in [-0.15, -0.1) is 10.2 Å². The van der Waals surface area contributed by atoms with E-state index in [1.165, 1.54) is 5.56 Å². The zero-order chi connectivity index (χ0) is 16.7. The van der Waals surface area contributed by atoms with Crippen molar-refractivity contribution in [1.82, 2.24) is 20.4 Å². The summed E-state index contributed by atoms with van der Waals surface area (Å²) in [5, 5.41) is 14.0. The number of rotatable bonds is 7. The van der Waals surface area contributed by atoms with Crippen LogP contribution in [-0.4, -0.2) is 48.2 Å². The van der Waals surface area contributed by atoms with Crippen LogP contribution >= 0.6 is 0 Å². The summed E-state index contributed by atoms with van der Waals surface area (Å²) in [4.78, 5) is 14.2. The SMILES string of the molecule is Cc1cccc(CNC(=O)c2ccc(NCCN(C)C)nn2)c1. The van der Waals surface area contributed by atoms with Crippen LogP contribution in [0, 0.1) is 6.92 Å². The second-order valence-electron chi connectivity index (χ2n) is 5.71. The maximum Gasteiger partial charge on any atom is 0.272 e. The number of aromatic nitrogens is 2. The number of nitrogens with zero attached hydrogens (tertiary/aromatic N) is 3. The van der Waals surface area contributed by atoms with Crippen LogP contribution in [0.2, 0.25) is 0 Å². The number of carbonyl (C=O) groups is 1. The van der Waals surface area contributed by atoms with Crippen molar-refractivity contribution in [2.45, 2.75) is 13.5 Å². The van der Waals surface area contributed by atoms with Gasteiger partial charge in [0.2, 0.25) is 0 Å². The van der Waals surface area contributed by atoms with E-state index >= 15 is 0 Å². The molecular weight excluding hydrogens is 290 g/mol. The third-order valence-corrected chi connectivity index (χ3v) is 3.30. The van der Waals surface area contributed by atoms with Gasteiger partial charge in [-0.1, -0.05) is 29.8 Å². The molecule has 1 amide bonds. The van der Waals surface area contributed by atoms with Crippen molar-refractivity contribution in [2.75, 3.05) is 32.5 Å². The molecule has 0 aliphatic carbocycles. The molecule has 2 aromatic rings. The van der Waals surface area contributed by atoms with Gasteiger partial charge < -0.3 is 15.5 Å². The molecule has 6 heteroatoms. The van der Waals surface area contributed by atoms with E-state index in [1.54, 1.807) is 12.1 Å². The molecule has 1 aromatic heterocycles. The average molecular weight is 313 g/mol. The minimum atomic E-state index is -0.223. The van der Waals surface area contributed by atoms with Crippen LogP contribution < -0.4 is 10.6 Å². The Morgan fingerprint density at radius 1 is 1.17 bits per heavy atom. The van der Waals surface area contributed by atoms with E-state index in [0.29, 0.717) is 18.1 Å². The fourth-order valence-electron chi connectivity index (χ4n) is 2.05. The molecule has 1 heterocycles. The second-order valence-corrected chi connectivity index (χ2v) is 5.71. The first kappa shape index (κ1) is 16.9. The second kappa shape index (κ2) is 8.24. The molecule has 23 heavy (non-hydrogen) atoms. The Morgan fingerprint density at radius 3 is 2.65 bits per heavy atom. The Labute approximate surface area is 136 Å². The standard InChI is InChI=1S/C17H23N5O/c1-13-5-4-6-14(11-13)12-19-17(23)15-7-8-16(21-20-15)18-9-10-22(2)3/h4-8,11H,9-10,12H2,1-3H3,(H,18,21)(H,19,23). The highest BCUT2D eigenvalue weighted by Crippen LogP contribution is 2.05. The zero-order valence-corrected chi connectivity index (χ0v) is 13.8. The first-order valence-corrected chi connectivity index (χ1v) is 7.60. The number of likely N-dealkylation sites (N-methyl/N-ethyl adjacent to an activating group) is 1. The van der Waals surface area contributed by atoms with Gasteiger partial charge in [0.05, 0.1) is 0 Å². The highest BCUT2D eigenvalue weighted by Gasteiger charge is 2.08. The van der Waals surface area contributed by atoms with E-state index in [9.17, 15) is 4.79 Å². The average Bonchev–Trinajstić information content (AvgIpc) is 2.53. The summed E-state index contributed by atoms with van der Waals surface area (Å²) in [7, 11) is 4.02. The van der Waals surface area contributed by atoms with Crippen molar-refractivity contribution < 1.29 is 4.79 Å². The van der Waals surface area contributed by atoms with E-state index in [2.05, 4.69) is 25.7 Å². The van der Waals surface area contributed by atoms with Crippen LogP contribution in [0.1, 0.15) is 21.6 Å². The van der Waals surface area contributed by atoms with Crippen molar-refractivity contribution in [1.29, 1.82) is 0 Å². The maximum atomic E-state index is 12.1. The predicted molar refractivity (Wildman–Crippen MR) is 91.4 cm³/mol. The summed E-state index contributed by atoms with van der Waals surface area (Å²) < 4.78 is 0. The first-order valence-electron chi connectivity index (χ1n) is 7.60. The van der Waals surface area contributed by atoms with Gasteiger partial charge in [0.15, 0.2) is 5.69 Å². The molecule has 0 fully saturated rings. The van der Waals surface area contributed by atoms with E-state index in [4.69, 9.17) is 0 Å². The lowest BCUT2D eigenvalue weighted by Gasteiger charge is -2.10. The van der Waals surface area contributed by atoms with Gasteiger partial charge >= 0.3 is 0 Å². The minimum absolute atomic E-state index is 0.223. The van der Waals surface area contributed by atoms with Crippen LogP contribution in [0.3, 0.4) is 0 Å². The molecule has 0 unspecified atom stereocenters. The Balaban J connectivity index is 1.85. The zero-order valence-electron chi connectivity index (χ0n) is 13.8. The van der Waals surface area contributed by atoms with Gasteiger partial charge in [-0.05, 0) is 38.7 Å². The summed E-state index contributed by atoms with van der Waals surface area (Å²) in [6.45, 7) is 4.19. The summed E-state index contributed by atoms with van der Waals surface area (Å²) in [5.74, 6) is 0.445. The molecule has 0 bridgehead atoms. The van der Waals surface area contributed by atoms with Crippen molar-refractivity contribution in [2.24, 2.45) is 0 Å². The number of carbonyl (C=O) groups excluding carboxylic acids is 1. The lowest BCUT2D eigenvalue weighted by atomic mass is 10.1. The number of benzene rings is 1. The van der Waals surface area contributed by atoms with Gasteiger partial charge in [-0.25, -0.2) is 0 Å². The van der Waals surface area contributed by atoms with Gasteiger partial charge in [-0.3, -0.25) is 4.79 Å². The molecule has 0 atom stereocenters. The van der Waals surface area contributed by atoms with Gasteiger partial charge in [0, 0.05) is 19.6 Å². The smallest absolute Gasteiger partial charge is 0.272 e. The van der Waals surface area contributed by atoms with Crippen molar-refractivity contribution in [3.8, 4) is 0 Å². The largest absolute Gasteiger partial charge is 0.367 e. The Morgan fingerprint density at radius 2 is 2.00 bits per heavy atom. The van der Waals surface area contributed by atoms with Crippen LogP contribution in [-0.2, 0) is 6.54 Å². The third kappa shape index (κ3) is 5.67. The molecule has 122 valence electrons. The van der Waals surface area contributed by atoms with Crippen LogP contribution in [0.15, 0.2) is 36.4 Å². The quantitative estimate of drug-likeness (QED) is 0.814. The van der Waals surface area contributed by atoms with E-state index < -0.39 is 0 Å². The van der Waals surface area contributed by atoms with Crippen LogP contribution in [0.5, 0.6) is 0 Å². The number of nitrogens with one attached hydrogen (secondary N) is 2. The summed E-state index contributed by atoms with van der Waals surface area (Å²) in [6.07, 6.45) is 0. The molecule has 6 nitrogen and oxygen atoms in total. The van der Waals surface area contributed by atoms with Gasteiger partial charge in [0.25, 0.3) is 5.91 Å². The Bertz CT molecular complexity index is 640. The number of anilines is 1. The van der Waals surface area contributed by atoms with Crippen LogP contribution in [0.25, 0.3) is 0 Å².